The van der Waals surface area contributed by atoms with Crippen LogP contribution in [0.4, 0.5) is 4.79 Å². The molecular formula is C13H24N2O4. The third kappa shape index (κ3) is 6.42. The van der Waals surface area contributed by atoms with Crippen LogP contribution in [0.5, 0.6) is 0 Å². The minimum Gasteiger partial charge on any atom is -0.465 e. The fourth-order valence-corrected chi connectivity index (χ4v) is 1.82. The van der Waals surface area contributed by atoms with Crippen LogP contribution < -0.4 is 10.6 Å². The number of ether oxygens (including phenoxy) is 2. The third-order valence-corrected chi connectivity index (χ3v) is 2.70. The average molecular weight is 272 g/mol. The number of alkyl carbamates (subject to hydrolysis) is 1. The molecule has 0 saturated heterocycles. The number of carbonyl (C=O) groups is 2. The van der Waals surface area contributed by atoms with Crippen molar-refractivity contribution in [2.45, 2.75) is 58.2 Å². The molecule has 6 nitrogen and oxygen atoms in total. The molecule has 0 aromatic carbocycles. The lowest BCUT2D eigenvalue weighted by molar-refractivity contribution is -0.142. The predicted molar refractivity (Wildman–Crippen MR) is 70.8 cm³/mol. The van der Waals surface area contributed by atoms with Gasteiger partial charge in [-0.2, -0.15) is 0 Å². The summed E-state index contributed by atoms with van der Waals surface area (Å²) in [5, 5.41) is 5.89. The minimum atomic E-state index is -0.477. The highest BCUT2D eigenvalue weighted by Gasteiger charge is 2.31. The molecule has 6 heteroatoms. The summed E-state index contributed by atoms with van der Waals surface area (Å²) in [6.07, 6.45) is 1.22. The molecule has 0 atom stereocenters. The van der Waals surface area contributed by atoms with E-state index in [4.69, 9.17) is 9.47 Å². The van der Waals surface area contributed by atoms with Crippen LogP contribution in [0.1, 0.15) is 40.5 Å². The zero-order valence-electron chi connectivity index (χ0n) is 12.1. The van der Waals surface area contributed by atoms with Crippen LogP contribution in [0.25, 0.3) is 0 Å². The van der Waals surface area contributed by atoms with E-state index in [0.29, 0.717) is 6.61 Å². The molecule has 1 aliphatic rings. The summed E-state index contributed by atoms with van der Waals surface area (Å²) in [5.74, 6) is -0.244. The van der Waals surface area contributed by atoms with E-state index in [-0.39, 0.29) is 30.7 Å². The molecule has 1 amide bonds. The van der Waals surface area contributed by atoms with Crippen molar-refractivity contribution >= 4 is 12.1 Å². The minimum absolute atomic E-state index is 0.120. The number of rotatable bonds is 5. The number of hydrogen-bond acceptors (Lipinski definition) is 5. The van der Waals surface area contributed by atoms with Gasteiger partial charge in [-0.25, -0.2) is 4.79 Å². The van der Waals surface area contributed by atoms with Crippen LogP contribution in [0.3, 0.4) is 0 Å². The fourth-order valence-electron chi connectivity index (χ4n) is 1.82. The first kappa shape index (κ1) is 15.8. The summed E-state index contributed by atoms with van der Waals surface area (Å²) in [6, 6.07) is 0.374. The Bertz CT molecular complexity index is 319. The zero-order valence-corrected chi connectivity index (χ0v) is 12.1. The average Bonchev–Trinajstić information content (AvgIpc) is 2.18. The molecule has 110 valence electrons. The van der Waals surface area contributed by atoms with Crippen LogP contribution in [-0.4, -0.2) is 42.9 Å². The number of hydrogen-bond donors (Lipinski definition) is 2. The van der Waals surface area contributed by atoms with E-state index in [9.17, 15) is 9.59 Å². The summed E-state index contributed by atoms with van der Waals surface area (Å²) < 4.78 is 9.98. The first-order chi connectivity index (χ1) is 8.80. The van der Waals surface area contributed by atoms with Crippen molar-refractivity contribution in [3.8, 4) is 0 Å². The molecule has 0 bridgehead atoms. The van der Waals surface area contributed by atoms with E-state index >= 15 is 0 Å². The Morgan fingerprint density at radius 2 is 1.84 bits per heavy atom. The highest BCUT2D eigenvalue weighted by atomic mass is 16.6. The standard InChI is InChI=1S/C13H24N2O4/c1-5-18-11(16)8-14-9-6-10(7-9)15-12(17)19-13(2,3)4/h9-10,14H,5-8H2,1-4H3,(H,15,17). The van der Waals surface area contributed by atoms with E-state index in [2.05, 4.69) is 10.6 Å². The van der Waals surface area contributed by atoms with E-state index in [1.165, 1.54) is 0 Å². The molecule has 0 heterocycles. The lowest BCUT2D eigenvalue weighted by atomic mass is 9.87. The van der Waals surface area contributed by atoms with E-state index in [1.807, 2.05) is 20.8 Å². The van der Waals surface area contributed by atoms with Crippen molar-refractivity contribution < 1.29 is 19.1 Å². The Hall–Kier alpha value is -1.30. The summed E-state index contributed by atoms with van der Waals surface area (Å²) in [6.45, 7) is 7.89. The normalized spacial score (nSPS) is 22.3. The van der Waals surface area contributed by atoms with Gasteiger partial charge in [0.05, 0.1) is 13.2 Å². The van der Waals surface area contributed by atoms with Gasteiger partial charge in [0.15, 0.2) is 0 Å². The molecule has 0 aromatic rings. The molecular weight excluding hydrogens is 248 g/mol. The summed E-state index contributed by atoms with van der Waals surface area (Å²) in [4.78, 5) is 22.6. The Labute approximate surface area is 114 Å². The van der Waals surface area contributed by atoms with Crippen molar-refractivity contribution in [3.63, 3.8) is 0 Å². The van der Waals surface area contributed by atoms with Gasteiger partial charge in [0.2, 0.25) is 0 Å². The van der Waals surface area contributed by atoms with Gasteiger partial charge in [-0.15, -0.1) is 0 Å². The lowest BCUT2D eigenvalue weighted by Crippen LogP contribution is -2.54. The topological polar surface area (TPSA) is 76.7 Å². The molecule has 0 aliphatic heterocycles. The lowest BCUT2D eigenvalue weighted by Gasteiger charge is -2.36. The highest BCUT2D eigenvalue weighted by molar-refractivity contribution is 5.71. The van der Waals surface area contributed by atoms with Crippen LogP contribution >= 0.6 is 0 Å². The third-order valence-electron chi connectivity index (χ3n) is 2.70. The van der Waals surface area contributed by atoms with Gasteiger partial charge < -0.3 is 20.1 Å². The summed E-state index contributed by atoms with van der Waals surface area (Å²) in [5.41, 5.74) is -0.477. The molecule has 1 rings (SSSR count). The van der Waals surface area contributed by atoms with E-state index < -0.39 is 5.60 Å². The van der Waals surface area contributed by atoms with Crippen molar-refractivity contribution in [3.05, 3.63) is 0 Å². The van der Waals surface area contributed by atoms with Gasteiger partial charge in [0.25, 0.3) is 0 Å². The Balaban J connectivity index is 2.10. The number of amides is 1. The molecule has 1 fully saturated rings. The fraction of sp³-hybridized carbons (Fsp3) is 0.846. The number of nitrogens with one attached hydrogen (secondary N) is 2. The second-order valence-electron chi connectivity index (χ2n) is 5.70. The molecule has 19 heavy (non-hydrogen) atoms. The van der Waals surface area contributed by atoms with Gasteiger partial charge in [0, 0.05) is 12.1 Å². The summed E-state index contributed by atoms with van der Waals surface area (Å²) >= 11 is 0. The highest BCUT2D eigenvalue weighted by Crippen LogP contribution is 2.20. The van der Waals surface area contributed by atoms with Crippen molar-refractivity contribution in [2.75, 3.05) is 13.2 Å². The SMILES string of the molecule is CCOC(=O)CNC1CC(NC(=O)OC(C)(C)C)C1. The van der Waals surface area contributed by atoms with Crippen molar-refractivity contribution in [2.24, 2.45) is 0 Å². The van der Waals surface area contributed by atoms with Gasteiger partial charge >= 0.3 is 12.1 Å². The molecule has 0 spiro atoms. The zero-order chi connectivity index (χ0) is 14.5. The predicted octanol–water partition coefficient (Wildman–Crippen LogP) is 1.19. The molecule has 0 radical (unpaired) electrons. The van der Waals surface area contributed by atoms with Gasteiger partial charge in [-0.05, 0) is 40.5 Å². The first-order valence-corrected chi connectivity index (χ1v) is 6.68. The first-order valence-electron chi connectivity index (χ1n) is 6.68. The van der Waals surface area contributed by atoms with Crippen LogP contribution in [0.2, 0.25) is 0 Å². The van der Waals surface area contributed by atoms with Crippen molar-refractivity contribution in [1.29, 1.82) is 0 Å². The van der Waals surface area contributed by atoms with Gasteiger partial charge in [-0.3, -0.25) is 4.79 Å². The Morgan fingerprint density at radius 3 is 2.37 bits per heavy atom. The monoisotopic (exact) mass is 272 g/mol. The van der Waals surface area contributed by atoms with E-state index in [0.717, 1.165) is 12.8 Å². The van der Waals surface area contributed by atoms with Crippen LogP contribution in [0, 0.1) is 0 Å². The summed E-state index contributed by atoms with van der Waals surface area (Å²) in [7, 11) is 0. The second-order valence-corrected chi connectivity index (χ2v) is 5.70. The number of esters is 1. The largest absolute Gasteiger partial charge is 0.465 e. The van der Waals surface area contributed by atoms with Crippen LogP contribution in [0.15, 0.2) is 0 Å². The Kier molecular flexibility index (Phi) is 5.60. The Morgan fingerprint density at radius 1 is 1.21 bits per heavy atom. The molecule has 1 aliphatic carbocycles. The van der Waals surface area contributed by atoms with E-state index in [1.54, 1.807) is 6.92 Å². The molecule has 2 N–H and O–H groups in total. The molecule has 1 saturated carbocycles. The molecule has 0 unspecified atom stereocenters. The smallest absolute Gasteiger partial charge is 0.407 e. The van der Waals surface area contributed by atoms with Crippen LogP contribution in [-0.2, 0) is 14.3 Å². The van der Waals surface area contributed by atoms with Crippen molar-refractivity contribution in [1.82, 2.24) is 10.6 Å². The second kappa shape index (κ2) is 6.75. The maximum Gasteiger partial charge on any atom is 0.407 e. The quantitative estimate of drug-likeness (QED) is 0.735. The van der Waals surface area contributed by atoms with Gasteiger partial charge in [-0.1, -0.05) is 0 Å². The maximum atomic E-state index is 11.5. The number of carbonyl (C=O) groups excluding carboxylic acids is 2. The molecule has 0 aromatic heterocycles. The maximum absolute atomic E-state index is 11.5. The van der Waals surface area contributed by atoms with Gasteiger partial charge in [0.1, 0.15) is 5.60 Å².